The van der Waals surface area contributed by atoms with Crippen LogP contribution in [0.3, 0.4) is 0 Å². The molecular weight excluding hydrogens is 290 g/mol. The minimum absolute atomic E-state index is 0.136. The van der Waals surface area contributed by atoms with Gasteiger partial charge in [0.2, 0.25) is 0 Å². The van der Waals surface area contributed by atoms with Crippen molar-refractivity contribution in [3.05, 3.63) is 0 Å². The van der Waals surface area contributed by atoms with Crippen LogP contribution in [0.2, 0.25) is 0 Å². The summed E-state index contributed by atoms with van der Waals surface area (Å²) >= 11 is 0. The Balaban J connectivity index is 1.26. The number of carbonyl (C=O) groups excluding carboxylic acids is 1. The molecule has 1 aliphatic carbocycles. The topological polar surface area (TPSA) is 44.8 Å². The van der Waals surface area contributed by atoms with Crippen molar-refractivity contribution >= 4 is 6.09 Å². The lowest BCUT2D eigenvalue weighted by Crippen LogP contribution is -2.47. The van der Waals surface area contributed by atoms with Crippen LogP contribution >= 0.6 is 0 Å². The van der Waals surface area contributed by atoms with Crippen molar-refractivity contribution in [2.45, 2.75) is 70.2 Å². The number of fused-ring (bicyclic) bond motifs is 2. The second kappa shape index (κ2) is 5.62. The molecule has 4 fully saturated rings. The summed E-state index contributed by atoms with van der Waals surface area (Å²) in [7, 11) is 0. The summed E-state index contributed by atoms with van der Waals surface area (Å²) in [6.07, 6.45) is 5.30. The normalized spacial score (nSPS) is 40.0. The van der Waals surface area contributed by atoms with Crippen LogP contribution in [0.4, 0.5) is 4.79 Å². The Hall–Kier alpha value is -0.810. The van der Waals surface area contributed by atoms with E-state index in [1.54, 1.807) is 0 Å². The first-order valence-electron chi connectivity index (χ1n) is 9.40. The molecule has 0 bridgehead atoms. The van der Waals surface area contributed by atoms with Gasteiger partial charge in [-0.15, -0.1) is 0 Å². The van der Waals surface area contributed by atoms with Crippen molar-refractivity contribution in [2.75, 3.05) is 26.2 Å². The summed E-state index contributed by atoms with van der Waals surface area (Å²) in [6, 6.07) is 2.09. The Morgan fingerprint density at radius 2 is 1.83 bits per heavy atom. The molecule has 4 unspecified atom stereocenters. The first kappa shape index (κ1) is 15.7. The Morgan fingerprint density at radius 3 is 2.52 bits per heavy atom. The molecule has 0 aromatic rings. The number of carbonyl (C=O) groups is 1. The van der Waals surface area contributed by atoms with Crippen LogP contribution in [0, 0.1) is 11.8 Å². The SMILES string of the molecule is CC(C)(C)OC(=O)N1CC2C(C1)C2NC1CCN2CCCCC12. The maximum Gasteiger partial charge on any atom is 0.410 e. The number of nitrogens with zero attached hydrogens (tertiary/aromatic N) is 2. The molecule has 3 heterocycles. The number of likely N-dealkylation sites (tertiary alicyclic amines) is 1. The average molecular weight is 321 g/mol. The summed E-state index contributed by atoms with van der Waals surface area (Å²) in [6.45, 7) is 10.1. The molecule has 3 saturated heterocycles. The minimum atomic E-state index is -0.393. The largest absolute Gasteiger partial charge is 0.444 e. The van der Waals surface area contributed by atoms with Crippen molar-refractivity contribution in [3.8, 4) is 0 Å². The molecule has 0 spiro atoms. The van der Waals surface area contributed by atoms with E-state index in [-0.39, 0.29) is 6.09 Å². The number of amides is 1. The van der Waals surface area contributed by atoms with Gasteiger partial charge in [-0.25, -0.2) is 4.79 Å². The third kappa shape index (κ3) is 3.10. The molecule has 4 aliphatic rings. The molecule has 23 heavy (non-hydrogen) atoms. The molecule has 0 aromatic carbocycles. The molecule has 4 atom stereocenters. The van der Waals surface area contributed by atoms with Crippen LogP contribution in [-0.4, -0.2) is 65.8 Å². The van der Waals surface area contributed by atoms with Gasteiger partial charge in [0.05, 0.1) is 0 Å². The summed E-state index contributed by atoms with van der Waals surface area (Å²) < 4.78 is 5.49. The van der Waals surface area contributed by atoms with Gasteiger partial charge in [-0.05, 0) is 58.4 Å². The smallest absolute Gasteiger partial charge is 0.410 e. The van der Waals surface area contributed by atoms with Crippen LogP contribution < -0.4 is 5.32 Å². The number of hydrogen-bond acceptors (Lipinski definition) is 4. The van der Waals surface area contributed by atoms with E-state index in [4.69, 9.17) is 4.74 Å². The van der Waals surface area contributed by atoms with Crippen molar-refractivity contribution in [1.82, 2.24) is 15.1 Å². The van der Waals surface area contributed by atoms with Crippen molar-refractivity contribution in [1.29, 1.82) is 0 Å². The molecule has 0 radical (unpaired) electrons. The Kier molecular flexibility index (Phi) is 3.84. The zero-order chi connectivity index (χ0) is 16.2. The van der Waals surface area contributed by atoms with E-state index < -0.39 is 5.60 Å². The molecule has 1 saturated carbocycles. The molecule has 5 nitrogen and oxygen atoms in total. The first-order valence-corrected chi connectivity index (χ1v) is 9.40. The molecule has 0 aromatic heterocycles. The van der Waals surface area contributed by atoms with Gasteiger partial charge in [0, 0.05) is 37.8 Å². The van der Waals surface area contributed by atoms with E-state index in [0.717, 1.165) is 19.1 Å². The third-order valence-corrected chi connectivity index (χ3v) is 6.11. The molecule has 1 N–H and O–H groups in total. The Morgan fingerprint density at radius 1 is 1.09 bits per heavy atom. The Bertz CT molecular complexity index is 463. The Labute approximate surface area is 139 Å². The summed E-state index contributed by atoms with van der Waals surface area (Å²) in [4.78, 5) is 16.7. The van der Waals surface area contributed by atoms with Crippen LogP contribution in [-0.2, 0) is 4.74 Å². The lowest BCUT2D eigenvalue weighted by molar-refractivity contribution is 0.0268. The highest BCUT2D eigenvalue weighted by Gasteiger charge is 2.58. The van der Waals surface area contributed by atoms with E-state index in [1.807, 2.05) is 25.7 Å². The second-order valence-electron chi connectivity index (χ2n) is 8.90. The van der Waals surface area contributed by atoms with Crippen LogP contribution in [0.15, 0.2) is 0 Å². The fraction of sp³-hybridized carbons (Fsp3) is 0.944. The van der Waals surface area contributed by atoms with Gasteiger partial charge in [-0.2, -0.15) is 0 Å². The van der Waals surface area contributed by atoms with Crippen molar-refractivity contribution in [2.24, 2.45) is 11.8 Å². The standard InChI is InChI=1S/C18H31N3O2/c1-18(2,3)23-17(22)21-10-12-13(11-21)16(12)19-14-7-9-20-8-5-4-6-15(14)20/h12-16,19H,4-11H2,1-3H3. The number of nitrogens with one attached hydrogen (secondary N) is 1. The van der Waals surface area contributed by atoms with Gasteiger partial charge >= 0.3 is 6.09 Å². The van der Waals surface area contributed by atoms with Crippen molar-refractivity contribution in [3.63, 3.8) is 0 Å². The van der Waals surface area contributed by atoms with Crippen LogP contribution in [0.1, 0.15) is 46.5 Å². The quantitative estimate of drug-likeness (QED) is 0.846. The summed E-state index contributed by atoms with van der Waals surface area (Å²) in [5, 5.41) is 3.94. The number of piperidine rings is 2. The van der Waals surface area contributed by atoms with Gasteiger partial charge in [0.15, 0.2) is 0 Å². The van der Waals surface area contributed by atoms with Gasteiger partial charge in [-0.3, -0.25) is 4.90 Å². The predicted molar refractivity (Wildman–Crippen MR) is 89.3 cm³/mol. The molecule has 130 valence electrons. The van der Waals surface area contributed by atoms with E-state index in [0.29, 0.717) is 23.9 Å². The highest BCUT2D eigenvalue weighted by molar-refractivity contribution is 5.69. The van der Waals surface area contributed by atoms with E-state index in [2.05, 4.69) is 10.2 Å². The molecule has 5 heteroatoms. The maximum atomic E-state index is 12.1. The number of hydrogen-bond donors (Lipinski definition) is 1. The van der Waals surface area contributed by atoms with Crippen LogP contribution in [0.5, 0.6) is 0 Å². The summed E-state index contributed by atoms with van der Waals surface area (Å²) in [5.74, 6) is 1.31. The van der Waals surface area contributed by atoms with Crippen LogP contribution in [0.25, 0.3) is 0 Å². The molecule has 4 rings (SSSR count). The monoisotopic (exact) mass is 321 g/mol. The summed E-state index contributed by atoms with van der Waals surface area (Å²) in [5.41, 5.74) is -0.393. The fourth-order valence-corrected chi connectivity index (χ4v) is 4.94. The van der Waals surface area contributed by atoms with E-state index >= 15 is 0 Å². The van der Waals surface area contributed by atoms with Gasteiger partial charge in [-0.1, -0.05) is 6.42 Å². The zero-order valence-corrected chi connectivity index (χ0v) is 14.8. The van der Waals surface area contributed by atoms with E-state index in [9.17, 15) is 4.79 Å². The van der Waals surface area contributed by atoms with Gasteiger partial charge in [0.25, 0.3) is 0 Å². The third-order valence-electron chi connectivity index (χ3n) is 6.11. The lowest BCUT2D eigenvalue weighted by Gasteiger charge is -2.33. The predicted octanol–water partition coefficient (Wildman–Crippen LogP) is 2.07. The lowest BCUT2D eigenvalue weighted by atomic mass is 9.99. The van der Waals surface area contributed by atoms with E-state index in [1.165, 1.54) is 38.8 Å². The minimum Gasteiger partial charge on any atom is -0.444 e. The highest BCUT2D eigenvalue weighted by Crippen LogP contribution is 2.46. The molecule has 1 amide bonds. The average Bonchev–Trinajstić information content (AvgIpc) is 2.87. The van der Waals surface area contributed by atoms with Crippen molar-refractivity contribution < 1.29 is 9.53 Å². The number of rotatable bonds is 2. The highest BCUT2D eigenvalue weighted by atomic mass is 16.6. The zero-order valence-electron chi connectivity index (χ0n) is 14.8. The van der Waals surface area contributed by atoms with Gasteiger partial charge in [0.1, 0.15) is 5.60 Å². The first-order chi connectivity index (χ1) is 10.9. The fourth-order valence-electron chi connectivity index (χ4n) is 4.94. The number of ether oxygens (including phenoxy) is 1. The van der Waals surface area contributed by atoms with Gasteiger partial charge < -0.3 is 15.0 Å². The molecular formula is C18H31N3O2. The molecule has 3 aliphatic heterocycles. The second-order valence-corrected chi connectivity index (χ2v) is 8.90. The maximum absolute atomic E-state index is 12.1.